The zero-order valence-corrected chi connectivity index (χ0v) is 16.6. The first-order valence-electron chi connectivity index (χ1n) is 8.90. The molecule has 152 valence electrons. The van der Waals surface area contributed by atoms with E-state index in [1.165, 1.54) is 18.2 Å². The molecule has 1 amide bonds. The molecule has 1 atom stereocenters. The molecule has 0 fully saturated rings. The standard InChI is InChI=1S/C19H25N3O6/c1-11(2)10-28-18(23)15-12(3)20-13(4)17(22(25)26)16(15)14-7-6-8-21(9-14)19(24)27-5/h6-7,9,11,16,20H,8,10H2,1-5H3. The van der Waals surface area contributed by atoms with Crippen LogP contribution in [0.2, 0.25) is 0 Å². The molecule has 2 aliphatic rings. The van der Waals surface area contributed by atoms with Crippen LogP contribution in [-0.4, -0.2) is 42.1 Å². The summed E-state index contributed by atoms with van der Waals surface area (Å²) in [5.41, 5.74) is 1.23. The number of dihydropyridines is 1. The highest BCUT2D eigenvalue weighted by atomic mass is 16.6. The van der Waals surface area contributed by atoms with E-state index in [1.54, 1.807) is 26.0 Å². The maximum atomic E-state index is 12.8. The number of ether oxygens (including phenoxy) is 2. The van der Waals surface area contributed by atoms with Crippen molar-refractivity contribution in [2.24, 2.45) is 11.8 Å². The number of rotatable bonds is 5. The van der Waals surface area contributed by atoms with Gasteiger partial charge in [-0.3, -0.25) is 15.0 Å². The molecule has 0 saturated heterocycles. The molecule has 1 N–H and O–H groups in total. The van der Waals surface area contributed by atoms with Gasteiger partial charge in [0, 0.05) is 18.4 Å². The fourth-order valence-electron chi connectivity index (χ4n) is 3.13. The van der Waals surface area contributed by atoms with E-state index in [0.29, 0.717) is 17.0 Å². The predicted molar refractivity (Wildman–Crippen MR) is 101 cm³/mol. The molecule has 9 nitrogen and oxygen atoms in total. The Bertz CT molecular complexity index is 806. The molecule has 0 aromatic heterocycles. The average Bonchev–Trinajstić information content (AvgIpc) is 2.64. The zero-order chi connectivity index (χ0) is 21.0. The van der Waals surface area contributed by atoms with Crippen molar-refractivity contribution in [2.45, 2.75) is 27.7 Å². The lowest BCUT2D eigenvalue weighted by molar-refractivity contribution is -0.433. The molecule has 2 rings (SSSR count). The second kappa shape index (κ2) is 8.73. The van der Waals surface area contributed by atoms with E-state index in [0.717, 1.165) is 0 Å². The van der Waals surface area contributed by atoms with Gasteiger partial charge in [0.2, 0.25) is 0 Å². The quantitative estimate of drug-likeness (QED) is 0.436. The summed E-state index contributed by atoms with van der Waals surface area (Å²) in [5, 5.41) is 14.7. The minimum atomic E-state index is -0.973. The van der Waals surface area contributed by atoms with Crippen molar-refractivity contribution in [3.05, 3.63) is 56.7 Å². The van der Waals surface area contributed by atoms with Crippen LogP contribution in [0.25, 0.3) is 0 Å². The minimum absolute atomic E-state index is 0.121. The Balaban J connectivity index is 2.54. The van der Waals surface area contributed by atoms with Crippen molar-refractivity contribution >= 4 is 12.1 Å². The number of amides is 1. The number of carbonyl (C=O) groups is 2. The maximum absolute atomic E-state index is 12.8. The van der Waals surface area contributed by atoms with Crippen molar-refractivity contribution in [2.75, 3.05) is 20.3 Å². The van der Waals surface area contributed by atoms with Crippen molar-refractivity contribution in [1.29, 1.82) is 0 Å². The van der Waals surface area contributed by atoms with Crippen LogP contribution in [0.4, 0.5) is 4.79 Å². The van der Waals surface area contributed by atoms with Crippen molar-refractivity contribution in [3.8, 4) is 0 Å². The maximum Gasteiger partial charge on any atom is 0.413 e. The fourth-order valence-corrected chi connectivity index (χ4v) is 3.13. The number of carbonyl (C=O) groups excluding carboxylic acids is 2. The van der Waals surface area contributed by atoms with Crippen LogP contribution < -0.4 is 5.32 Å². The minimum Gasteiger partial charge on any atom is -0.462 e. The van der Waals surface area contributed by atoms with E-state index in [4.69, 9.17) is 9.47 Å². The molecule has 9 heteroatoms. The molecule has 28 heavy (non-hydrogen) atoms. The second-order valence-electron chi connectivity index (χ2n) is 7.01. The molecule has 0 aromatic carbocycles. The van der Waals surface area contributed by atoms with Crippen molar-refractivity contribution in [1.82, 2.24) is 10.2 Å². The van der Waals surface area contributed by atoms with Crippen LogP contribution in [0.15, 0.2) is 46.6 Å². The van der Waals surface area contributed by atoms with Gasteiger partial charge in [-0.1, -0.05) is 26.0 Å². The number of hydrogen-bond acceptors (Lipinski definition) is 7. The number of nitro groups is 1. The van der Waals surface area contributed by atoms with Crippen LogP contribution >= 0.6 is 0 Å². The van der Waals surface area contributed by atoms with Crippen LogP contribution in [-0.2, 0) is 14.3 Å². The number of allylic oxidation sites excluding steroid dienone is 4. The Morgan fingerprint density at radius 1 is 1.36 bits per heavy atom. The van der Waals surface area contributed by atoms with E-state index in [2.05, 4.69) is 5.32 Å². The molecule has 1 unspecified atom stereocenters. The summed E-state index contributed by atoms with van der Waals surface area (Å²) in [4.78, 5) is 37.3. The van der Waals surface area contributed by atoms with Gasteiger partial charge in [0.05, 0.1) is 29.9 Å². The Hall–Kier alpha value is -3.10. The third kappa shape index (κ3) is 4.41. The normalized spacial score (nSPS) is 19.4. The number of nitrogens with one attached hydrogen (secondary N) is 1. The van der Waals surface area contributed by atoms with Crippen molar-refractivity contribution in [3.63, 3.8) is 0 Å². The number of hydrogen-bond donors (Lipinski definition) is 1. The van der Waals surface area contributed by atoms with Gasteiger partial charge in [0.15, 0.2) is 0 Å². The highest BCUT2D eigenvalue weighted by molar-refractivity contribution is 5.92. The lowest BCUT2D eigenvalue weighted by Crippen LogP contribution is -2.36. The number of esters is 1. The van der Waals surface area contributed by atoms with Crippen LogP contribution in [0, 0.1) is 22.0 Å². The first-order chi connectivity index (χ1) is 13.2. The number of methoxy groups -OCH3 is 1. The smallest absolute Gasteiger partial charge is 0.413 e. The van der Waals surface area contributed by atoms with Gasteiger partial charge < -0.3 is 14.8 Å². The summed E-state index contributed by atoms with van der Waals surface area (Å²) < 4.78 is 10.1. The van der Waals surface area contributed by atoms with Gasteiger partial charge in [-0.2, -0.15) is 0 Å². The van der Waals surface area contributed by atoms with E-state index in [9.17, 15) is 19.7 Å². The summed E-state index contributed by atoms with van der Waals surface area (Å²) in [6, 6.07) is 0. The van der Waals surface area contributed by atoms with Crippen LogP contribution in [0.3, 0.4) is 0 Å². The summed E-state index contributed by atoms with van der Waals surface area (Å²) in [5.74, 6) is -1.48. The van der Waals surface area contributed by atoms with Gasteiger partial charge >= 0.3 is 12.1 Å². The fraction of sp³-hybridized carbons (Fsp3) is 0.474. The Kier molecular flexibility index (Phi) is 6.61. The third-order valence-electron chi connectivity index (χ3n) is 4.35. The topological polar surface area (TPSA) is 111 Å². The molecular weight excluding hydrogens is 366 g/mol. The van der Waals surface area contributed by atoms with Crippen molar-refractivity contribution < 1.29 is 24.0 Å². The molecule has 2 heterocycles. The average molecular weight is 391 g/mol. The van der Waals surface area contributed by atoms with Crippen LogP contribution in [0.1, 0.15) is 27.7 Å². The molecule has 0 saturated carbocycles. The van der Waals surface area contributed by atoms with E-state index in [-0.39, 0.29) is 30.3 Å². The van der Waals surface area contributed by atoms with Gasteiger partial charge in [0.25, 0.3) is 5.70 Å². The SMILES string of the molecule is COC(=O)N1C=C(C2C(C(=O)OCC(C)C)=C(C)NC(C)=C2[N+](=O)[O-])C=CC1. The molecule has 0 radical (unpaired) electrons. The third-order valence-corrected chi connectivity index (χ3v) is 4.35. The molecule has 0 aliphatic carbocycles. The summed E-state index contributed by atoms with van der Waals surface area (Å²) in [7, 11) is 1.25. The zero-order valence-electron chi connectivity index (χ0n) is 16.6. The molecule has 0 spiro atoms. The number of nitrogens with zero attached hydrogens (tertiary/aromatic N) is 2. The van der Waals surface area contributed by atoms with Gasteiger partial charge in [-0.25, -0.2) is 9.59 Å². The van der Waals surface area contributed by atoms with E-state index in [1.807, 2.05) is 13.8 Å². The molecule has 0 aromatic rings. The predicted octanol–water partition coefficient (Wildman–Crippen LogP) is 2.71. The van der Waals surface area contributed by atoms with Gasteiger partial charge in [0.1, 0.15) is 5.92 Å². The first-order valence-corrected chi connectivity index (χ1v) is 8.90. The lowest BCUT2D eigenvalue weighted by atomic mass is 9.83. The lowest BCUT2D eigenvalue weighted by Gasteiger charge is -2.29. The van der Waals surface area contributed by atoms with Gasteiger partial charge in [-0.15, -0.1) is 0 Å². The molecular formula is C19H25N3O6. The Morgan fingerprint density at radius 2 is 2.04 bits per heavy atom. The summed E-state index contributed by atoms with van der Waals surface area (Å²) in [6.07, 6.45) is 4.24. The largest absolute Gasteiger partial charge is 0.462 e. The monoisotopic (exact) mass is 391 g/mol. The molecule has 2 aliphatic heterocycles. The highest BCUT2D eigenvalue weighted by Gasteiger charge is 2.42. The Morgan fingerprint density at radius 3 is 2.61 bits per heavy atom. The van der Waals surface area contributed by atoms with E-state index >= 15 is 0 Å². The highest BCUT2D eigenvalue weighted by Crippen LogP contribution is 2.37. The first kappa shape index (κ1) is 21.2. The Labute approximate surface area is 163 Å². The summed E-state index contributed by atoms with van der Waals surface area (Å²) in [6.45, 7) is 7.52. The van der Waals surface area contributed by atoms with E-state index < -0.39 is 22.9 Å². The summed E-state index contributed by atoms with van der Waals surface area (Å²) >= 11 is 0. The second-order valence-corrected chi connectivity index (χ2v) is 7.01. The van der Waals surface area contributed by atoms with Crippen LogP contribution in [0.5, 0.6) is 0 Å². The molecule has 0 bridgehead atoms. The van der Waals surface area contributed by atoms with Gasteiger partial charge in [-0.05, 0) is 25.3 Å².